The molecule has 0 heterocycles. The summed E-state index contributed by atoms with van der Waals surface area (Å²) in [6, 6.07) is 14.0. The molecule has 0 atom stereocenters. The van der Waals surface area contributed by atoms with E-state index >= 15 is 0 Å². The molecule has 2 rings (SSSR count). The minimum atomic E-state index is -0.460. The van der Waals surface area contributed by atoms with Crippen molar-refractivity contribution in [1.82, 2.24) is 0 Å². The Morgan fingerprint density at radius 1 is 1.14 bits per heavy atom. The Morgan fingerprint density at radius 2 is 1.86 bits per heavy atom. The number of carbonyl (C=O) groups is 1. The highest BCUT2D eigenvalue weighted by molar-refractivity contribution is 5.92. The minimum Gasteiger partial charge on any atom is -0.490 e. The zero-order chi connectivity index (χ0) is 15.9. The number of ether oxygens (including phenoxy) is 2. The summed E-state index contributed by atoms with van der Waals surface area (Å²) in [4.78, 5) is 11.0. The van der Waals surface area contributed by atoms with Gasteiger partial charge < -0.3 is 15.2 Å². The van der Waals surface area contributed by atoms with Gasteiger partial charge in [-0.2, -0.15) is 5.26 Å². The van der Waals surface area contributed by atoms with Crippen LogP contribution < -0.4 is 15.2 Å². The molecule has 2 aromatic carbocycles. The number of nitrogens with zero attached hydrogens (tertiary/aromatic N) is 1. The fourth-order valence-electron chi connectivity index (χ4n) is 1.89. The average Bonchev–Trinajstić information content (AvgIpc) is 2.54. The highest BCUT2D eigenvalue weighted by atomic mass is 16.5. The van der Waals surface area contributed by atoms with Crippen LogP contribution in [0.15, 0.2) is 42.5 Å². The second-order valence-electron chi connectivity index (χ2n) is 4.56. The van der Waals surface area contributed by atoms with Gasteiger partial charge in [-0.25, -0.2) is 0 Å². The van der Waals surface area contributed by atoms with Gasteiger partial charge in [-0.1, -0.05) is 12.1 Å². The van der Waals surface area contributed by atoms with Gasteiger partial charge in [-0.15, -0.1) is 0 Å². The number of carbonyl (C=O) groups excluding carboxylic acids is 1. The van der Waals surface area contributed by atoms with E-state index in [-0.39, 0.29) is 0 Å². The average molecular weight is 296 g/mol. The summed E-state index contributed by atoms with van der Waals surface area (Å²) in [5.41, 5.74) is 7.07. The lowest BCUT2D eigenvalue weighted by molar-refractivity contribution is 0.1000. The van der Waals surface area contributed by atoms with E-state index < -0.39 is 5.91 Å². The molecule has 0 aliphatic heterocycles. The van der Waals surface area contributed by atoms with Crippen LogP contribution in [-0.4, -0.2) is 12.5 Å². The van der Waals surface area contributed by atoms with Crippen molar-refractivity contribution < 1.29 is 14.3 Å². The molecule has 0 aliphatic carbocycles. The molecule has 5 nitrogen and oxygen atoms in total. The molecular formula is C17H16N2O3. The Balaban J connectivity index is 2.10. The second-order valence-corrected chi connectivity index (χ2v) is 4.56. The van der Waals surface area contributed by atoms with Gasteiger partial charge in [-0.05, 0) is 36.8 Å². The molecule has 0 radical (unpaired) electrons. The van der Waals surface area contributed by atoms with Crippen LogP contribution >= 0.6 is 0 Å². The van der Waals surface area contributed by atoms with Crippen LogP contribution in [0.1, 0.15) is 28.4 Å². The fourth-order valence-corrected chi connectivity index (χ4v) is 1.89. The predicted octanol–water partition coefficient (Wildman–Crippen LogP) is 2.63. The number of rotatable bonds is 6. The Labute approximate surface area is 128 Å². The number of hydrogen-bond donors (Lipinski definition) is 1. The zero-order valence-corrected chi connectivity index (χ0v) is 12.2. The van der Waals surface area contributed by atoms with E-state index in [0.29, 0.717) is 35.8 Å². The van der Waals surface area contributed by atoms with Gasteiger partial charge in [0.15, 0.2) is 11.5 Å². The Hall–Kier alpha value is -3.00. The van der Waals surface area contributed by atoms with Crippen LogP contribution in [0.2, 0.25) is 0 Å². The van der Waals surface area contributed by atoms with Crippen molar-refractivity contribution in [2.75, 3.05) is 6.61 Å². The number of nitrogens with two attached hydrogens (primary N) is 1. The smallest absolute Gasteiger partial charge is 0.248 e. The summed E-state index contributed by atoms with van der Waals surface area (Å²) in [5, 5.41) is 8.92. The molecule has 1 amide bonds. The van der Waals surface area contributed by atoms with Crippen molar-refractivity contribution in [3.63, 3.8) is 0 Å². The van der Waals surface area contributed by atoms with E-state index in [2.05, 4.69) is 6.07 Å². The van der Waals surface area contributed by atoms with Gasteiger partial charge in [0.1, 0.15) is 6.61 Å². The Kier molecular flexibility index (Phi) is 4.99. The summed E-state index contributed by atoms with van der Waals surface area (Å²) in [5.74, 6) is 0.647. The molecule has 112 valence electrons. The first-order chi connectivity index (χ1) is 10.6. The van der Waals surface area contributed by atoms with Crippen LogP contribution in [0.5, 0.6) is 11.5 Å². The summed E-state index contributed by atoms with van der Waals surface area (Å²) in [7, 11) is 0. The molecule has 0 spiro atoms. The van der Waals surface area contributed by atoms with E-state index in [1.54, 1.807) is 42.5 Å². The van der Waals surface area contributed by atoms with Crippen LogP contribution in [0, 0.1) is 11.3 Å². The maximum absolute atomic E-state index is 11.0. The van der Waals surface area contributed by atoms with E-state index in [0.717, 1.165) is 5.56 Å². The molecule has 2 aromatic rings. The first kappa shape index (κ1) is 15.4. The molecule has 0 saturated carbocycles. The molecule has 0 bridgehead atoms. The summed E-state index contributed by atoms with van der Waals surface area (Å²) in [6.07, 6.45) is 0. The van der Waals surface area contributed by atoms with Gasteiger partial charge >= 0.3 is 0 Å². The first-order valence-corrected chi connectivity index (χ1v) is 6.82. The summed E-state index contributed by atoms with van der Waals surface area (Å²) in [6.45, 7) is 2.68. The van der Waals surface area contributed by atoms with Crippen molar-refractivity contribution in [3.05, 3.63) is 59.2 Å². The highest BCUT2D eigenvalue weighted by Crippen LogP contribution is 2.29. The lowest BCUT2D eigenvalue weighted by Crippen LogP contribution is -2.10. The SMILES string of the molecule is CCOc1cc(C#N)ccc1OCc1ccc(C(N)=O)cc1. The quantitative estimate of drug-likeness (QED) is 0.888. The van der Waals surface area contributed by atoms with Crippen molar-refractivity contribution in [2.45, 2.75) is 13.5 Å². The maximum atomic E-state index is 11.0. The third kappa shape index (κ3) is 3.76. The van der Waals surface area contributed by atoms with E-state index in [1.165, 1.54) is 0 Å². The van der Waals surface area contributed by atoms with Gasteiger partial charge in [0.25, 0.3) is 0 Å². The standard InChI is InChI=1S/C17H16N2O3/c1-2-21-16-9-13(10-18)5-8-15(16)22-11-12-3-6-14(7-4-12)17(19)20/h3-9H,2,11H2,1H3,(H2,19,20). The maximum Gasteiger partial charge on any atom is 0.248 e. The summed E-state index contributed by atoms with van der Waals surface area (Å²) >= 11 is 0. The molecule has 22 heavy (non-hydrogen) atoms. The predicted molar refractivity (Wildman–Crippen MR) is 81.6 cm³/mol. The third-order valence-corrected chi connectivity index (χ3v) is 3.01. The molecule has 0 aliphatic rings. The van der Waals surface area contributed by atoms with Crippen molar-refractivity contribution >= 4 is 5.91 Å². The van der Waals surface area contributed by atoms with Crippen molar-refractivity contribution in [1.29, 1.82) is 5.26 Å². The van der Waals surface area contributed by atoms with Crippen LogP contribution in [-0.2, 0) is 6.61 Å². The van der Waals surface area contributed by atoms with Crippen molar-refractivity contribution in [2.24, 2.45) is 5.73 Å². The Morgan fingerprint density at radius 3 is 2.45 bits per heavy atom. The van der Waals surface area contributed by atoms with E-state index in [1.807, 2.05) is 6.92 Å². The van der Waals surface area contributed by atoms with Crippen LogP contribution in [0.3, 0.4) is 0 Å². The minimum absolute atomic E-state index is 0.324. The third-order valence-electron chi connectivity index (χ3n) is 3.01. The number of primary amides is 1. The molecule has 0 unspecified atom stereocenters. The molecule has 0 saturated heterocycles. The molecular weight excluding hydrogens is 280 g/mol. The normalized spacial score (nSPS) is 9.82. The molecule has 5 heteroatoms. The molecule has 0 aromatic heterocycles. The number of hydrogen-bond acceptors (Lipinski definition) is 4. The number of amides is 1. The topological polar surface area (TPSA) is 85.3 Å². The van der Waals surface area contributed by atoms with Gasteiger partial charge in [0.2, 0.25) is 5.91 Å². The number of nitriles is 1. The fraction of sp³-hybridized carbons (Fsp3) is 0.176. The van der Waals surface area contributed by atoms with Crippen LogP contribution in [0.4, 0.5) is 0 Å². The van der Waals surface area contributed by atoms with Gasteiger partial charge in [0.05, 0.1) is 18.2 Å². The van der Waals surface area contributed by atoms with Crippen LogP contribution in [0.25, 0.3) is 0 Å². The molecule has 2 N–H and O–H groups in total. The lowest BCUT2D eigenvalue weighted by atomic mass is 10.1. The second kappa shape index (κ2) is 7.14. The highest BCUT2D eigenvalue weighted by Gasteiger charge is 2.07. The van der Waals surface area contributed by atoms with Gasteiger partial charge in [0, 0.05) is 11.6 Å². The van der Waals surface area contributed by atoms with E-state index in [4.69, 9.17) is 20.5 Å². The zero-order valence-electron chi connectivity index (χ0n) is 12.2. The van der Waals surface area contributed by atoms with Crippen molar-refractivity contribution in [3.8, 4) is 17.6 Å². The lowest BCUT2D eigenvalue weighted by Gasteiger charge is -2.12. The number of benzene rings is 2. The van der Waals surface area contributed by atoms with Gasteiger partial charge in [-0.3, -0.25) is 4.79 Å². The Bertz CT molecular complexity index is 703. The van der Waals surface area contributed by atoms with E-state index in [9.17, 15) is 4.79 Å². The molecule has 0 fully saturated rings. The first-order valence-electron chi connectivity index (χ1n) is 6.82. The summed E-state index contributed by atoms with van der Waals surface area (Å²) < 4.78 is 11.2. The monoisotopic (exact) mass is 296 g/mol. The largest absolute Gasteiger partial charge is 0.490 e.